The minimum absolute atomic E-state index is 0.0196. The van der Waals surface area contributed by atoms with Gasteiger partial charge < -0.3 is 18.9 Å². The Bertz CT molecular complexity index is 466. The summed E-state index contributed by atoms with van der Waals surface area (Å²) in [6, 6.07) is 0. The molecule has 48 heavy (non-hydrogen) atoms. The second kappa shape index (κ2) is 27.5. The van der Waals surface area contributed by atoms with Crippen molar-refractivity contribution in [1.29, 1.82) is 0 Å². The molecule has 4 nitrogen and oxygen atoms in total. The first-order valence-electron chi connectivity index (χ1n) is 21.2. The Balaban J connectivity index is 0.000000288. The fourth-order valence-corrected chi connectivity index (χ4v) is 7.00. The molecule has 0 aromatic rings. The molecule has 6 aliphatic rings. The maximum absolute atomic E-state index is 5.39. The first-order chi connectivity index (χ1) is 22.7. The lowest BCUT2D eigenvalue weighted by Crippen LogP contribution is -2.27. The second-order valence-electron chi connectivity index (χ2n) is 18.1. The van der Waals surface area contributed by atoms with E-state index in [4.69, 9.17) is 18.9 Å². The van der Waals surface area contributed by atoms with Crippen LogP contribution >= 0.6 is 0 Å². The molecule has 0 spiro atoms. The van der Waals surface area contributed by atoms with Crippen LogP contribution < -0.4 is 0 Å². The van der Waals surface area contributed by atoms with Crippen molar-refractivity contribution in [3.8, 4) is 0 Å². The quantitative estimate of drug-likeness (QED) is 0.255. The van der Waals surface area contributed by atoms with Crippen LogP contribution in [0.4, 0.5) is 0 Å². The zero-order valence-corrected chi connectivity index (χ0v) is 34.7. The number of ether oxygens (including phenoxy) is 4. The summed E-state index contributed by atoms with van der Waals surface area (Å²) >= 11 is 0. The van der Waals surface area contributed by atoms with Crippen molar-refractivity contribution in [2.75, 3.05) is 26.4 Å². The molecule has 0 aromatic heterocycles. The van der Waals surface area contributed by atoms with Crippen LogP contribution in [0.25, 0.3) is 0 Å². The molecule has 3 aliphatic heterocycles. The maximum atomic E-state index is 5.39. The van der Waals surface area contributed by atoms with Gasteiger partial charge in [-0.1, -0.05) is 139 Å². The van der Waals surface area contributed by atoms with Gasteiger partial charge >= 0.3 is 0 Å². The van der Waals surface area contributed by atoms with E-state index < -0.39 is 0 Å². The van der Waals surface area contributed by atoms with Gasteiger partial charge in [0, 0.05) is 19.1 Å². The van der Waals surface area contributed by atoms with Gasteiger partial charge in [0.25, 0.3) is 0 Å². The molecular weight excluding hydrogens is 592 g/mol. The van der Waals surface area contributed by atoms with Crippen LogP contribution in [0.2, 0.25) is 0 Å². The number of rotatable bonds is 0. The molecule has 3 saturated carbocycles. The van der Waals surface area contributed by atoms with E-state index in [9.17, 15) is 0 Å². The molecule has 0 N–H and O–H groups in total. The molecule has 0 aromatic carbocycles. The molecule has 0 radical (unpaired) electrons. The van der Waals surface area contributed by atoms with Crippen molar-refractivity contribution in [2.45, 2.75) is 204 Å². The molecular formula is C44H88O4. The SMILES string of the molecule is CC1CCC(C)CC1.CC1CCC(C)CC1.CC1CCC(C)CC1.CC1CCC(C)OC1.CC1CCC(C)OC1.CC1COC(C)OC1. The highest BCUT2D eigenvalue weighted by Gasteiger charge is 2.16. The highest BCUT2D eigenvalue weighted by Crippen LogP contribution is 2.29. The van der Waals surface area contributed by atoms with Crippen LogP contribution in [0.3, 0.4) is 0 Å². The largest absolute Gasteiger partial charge is 0.378 e. The van der Waals surface area contributed by atoms with Gasteiger partial charge in [-0.3, -0.25) is 0 Å². The van der Waals surface area contributed by atoms with Crippen molar-refractivity contribution in [3.63, 3.8) is 0 Å². The topological polar surface area (TPSA) is 36.9 Å². The van der Waals surface area contributed by atoms with Crippen LogP contribution in [0.5, 0.6) is 0 Å². The molecule has 0 bridgehead atoms. The minimum atomic E-state index is 0.0196. The third kappa shape index (κ3) is 25.7. The monoisotopic (exact) mass is 681 g/mol. The van der Waals surface area contributed by atoms with Gasteiger partial charge in [0.05, 0.1) is 25.4 Å². The van der Waals surface area contributed by atoms with Gasteiger partial charge in [0.15, 0.2) is 6.29 Å². The fraction of sp³-hybridized carbons (Fsp3) is 1.00. The van der Waals surface area contributed by atoms with Crippen LogP contribution in [0.1, 0.15) is 186 Å². The summed E-state index contributed by atoms with van der Waals surface area (Å²) < 4.78 is 21.1. The lowest BCUT2D eigenvalue weighted by atomic mass is 9.84. The van der Waals surface area contributed by atoms with Gasteiger partial charge in [0.1, 0.15) is 0 Å². The van der Waals surface area contributed by atoms with E-state index in [0.29, 0.717) is 18.1 Å². The molecule has 288 valence electrons. The summed E-state index contributed by atoms with van der Waals surface area (Å²) in [5.41, 5.74) is 0. The van der Waals surface area contributed by atoms with Crippen molar-refractivity contribution < 1.29 is 18.9 Å². The molecule has 4 atom stereocenters. The first-order valence-corrected chi connectivity index (χ1v) is 21.2. The lowest BCUT2D eigenvalue weighted by Gasteiger charge is -2.24. The average Bonchev–Trinajstić information content (AvgIpc) is 3.07. The summed E-state index contributed by atoms with van der Waals surface area (Å²) in [5.74, 6) is 8.29. The van der Waals surface area contributed by atoms with E-state index in [0.717, 1.165) is 73.8 Å². The highest BCUT2D eigenvalue weighted by atomic mass is 16.7. The van der Waals surface area contributed by atoms with E-state index in [1.807, 2.05) is 6.92 Å². The zero-order valence-electron chi connectivity index (χ0n) is 34.7. The predicted molar refractivity (Wildman–Crippen MR) is 209 cm³/mol. The Labute approximate surface area is 302 Å². The van der Waals surface area contributed by atoms with Crippen molar-refractivity contribution in [1.82, 2.24) is 0 Å². The lowest BCUT2D eigenvalue weighted by molar-refractivity contribution is -0.187. The van der Waals surface area contributed by atoms with Crippen LogP contribution in [0, 0.1) is 53.3 Å². The molecule has 6 rings (SSSR count). The average molecular weight is 681 g/mol. The summed E-state index contributed by atoms with van der Waals surface area (Å²) in [4.78, 5) is 0. The molecule has 3 aliphatic carbocycles. The van der Waals surface area contributed by atoms with Crippen LogP contribution in [0.15, 0.2) is 0 Å². The number of hydrogen-bond donors (Lipinski definition) is 0. The molecule has 3 saturated heterocycles. The predicted octanol–water partition coefficient (Wildman–Crippen LogP) is 13.2. The van der Waals surface area contributed by atoms with Crippen LogP contribution in [-0.2, 0) is 18.9 Å². The maximum Gasteiger partial charge on any atom is 0.154 e. The van der Waals surface area contributed by atoms with Crippen LogP contribution in [-0.4, -0.2) is 44.9 Å². The Morgan fingerprint density at radius 2 is 0.438 bits per heavy atom. The standard InChI is InChI=1S/3C8H16.2C7H14O.C6H12O2/c3*1-7-3-5-8(2)6-4-7;2*1-6-3-4-7(2)8-5-6;1-5-3-7-6(2)8-4-5/h3*7-8H,3-6H2,1-2H3;2*6-7H,3-5H2,1-2H3;5-6H,3-4H2,1-2H3. The highest BCUT2D eigenvalue weighted by molar-refractivity contribution is 4.68. The normalized spacial score (nSPS) is 39.8. The van der Waals surface area contributed by atoms with E-state index in [1.54, 1.807) is 0 Å². The zero-order chi connectivity index (χ0) is 35.9. The summed E-state index contributed by atoms with van der Waals surface area (Å²) in [7, 11) is 0. The van der Waals surface area contributed by atoms with Gasteiger partial charge in [0.2, 0.25) is 0 Å². The third-order valence-corrected chi connectivity index (χ3v) is 11.6. The smallest absolute Gasteiger partial charge is 0.154 e. The third-order valence-electron chi connectivity index (χ3n) is 11.6. The first kappa shape index (κ1) is 45.9. The molecule has 4 unspecified atom stereocenters. The number of hydrogen-bond acceptors (Lipinski definition) is 4. The van der Waals surface area contributed by atoms with Gasteiger partial charge in [-0.05, 0) is 93.8 Å². The Hall–Kier alpha value is -0.160. The van der Waals surface area contributed by atoms with Gasteiger partial charge in [-0.15, -0.1) is 0 Å². The second-order valence-corrected chi connectivity index (χ2v) is 18.1. The molecule has 6 fully saturated rings. The molecule has 4 heteroatoms. The summed E-state index contributed by atoms with van der Waals surface area (Å²) in [6.07, 6.45) is 23.9. The van der Waals surface area contributed by atoms with Crippen molar-refractivity contribution in [3.05, 3.63) is 0 Å². The van der Waals surface area contributed by atoms with Crippen molar-refractivity contribution in [2.24, 2.45) is 53.3 Å². The Morgan fingerprint density at radius 1 is 0.229 bits per heavy atom. The summed E-state index contributed by atoms with van der Waals surface area (Å²) in [5, 5.41) is 0. The van der Waals surface area contributed by atoms with E-state index in [-0.39, 0.29) is 6.29 Å². The fourth-order valence-electron chi connectivity index (χ4n) is 7.00. The Kier molecular flexibility index (Phi) is 26.3. The van der Waals surface area contributed by atoms with Crippen molar-refractivity contribution >= 4 is 0 Å². The summed E-state index contributed by atoms with van der Waals surface area (Å²) in [6.45, 7) is 30.7. The Morgan fingerprint density at radius 3 is 0.604 bits per heavy atom. The van der Waals surface area contributed by atoms with E-state index in [2.05, 4.69) is 76.2 Å². The van der Waals surface area contributed by atoms with E-state index in [1.165, 1.54) is 103 Å². The molecule has 0 amide bonds. The van der Waals surface area contributed by atoms with E-state index >= 15 is 0 Å². The van der Waals surface area contributed by atoms with Gasteiger partial charge in [-0.2, -0.15) is 0 Å². The minimum Gasteiger partial charge on any atom is -0.378 e. The molecule has 3 heterocycles. The van der Waals surface area contributed by atoms with Gasteiger partial charge in [-0.25, -0.2) is 0 Å².